The summed E-state index contributed by atoms with van der Waals surface area (Å²) < 4.78 is 11.2. The summed E-state index contributed by atoms with van der Waals surface area (Å²) in [6.07, 6.45) is 9.24. The number of fused-ring (bicyclic) bond motifs is 1. The molecule has 0 aliphatic heterocycles. The Hall–Kier alpha value is -0.913. The summed E-state index contributed by atoms with van der Waals surface area (Å²) in [7, 11) is -0.251. The Balaban J connectivity index is 1.95. The van der Waals surface area contributed by atoms with Crippen LogP contribution in [0.5, 0.6) is 0 Å². The lowest BCUT2D eigenvalue weighted by molar-refractivity contribution is -0.170. The minimum atomic E-state index is -1.69. The zero-order valence-electron chi connectivity index (χ0n) is 18.0. The fraction of sp³-hybridized carbons (Fsp3) is 0.773. The van der Waals surface area contributed by atoms with Gasteiger partial charge in [0.15, 0.2) is 8.32 Å². The van der Waals surface area contributed by atoms with Crippen LogP contribution < -0.4 is 0 Å². The highest BCUT2D eigenvalue weighted by Gasteiger charge is 2.67. The first-order chi connectivity index (χ1) is 12.5. The molecular weight excluding hydrogens is 356 g/mol. The molecule has 0 aromatic rings. The molecule has 0 spiro atoms. The van der Waals surface area contributed by atoms with Crippen LogP contribution in [0.15, 0.2) is 24.8 Å². The smallest absolute Gasteiger partial charge is 0.309 e. The molecule has 154 valence electrons. The molecule has 0 bridgehead atoms. The molecule has 2 saturated carbocycles. The summed E-state index contributed by atoms with van der Waals surface area (Å²) in [5, 5.41) is 10.9. The average Bonchev–Trinajstić information content (AvgIpc) is 2.83. The van der Waals surface area contributed by atoms with Crippen molar-refractivity contribution in [3.05, 3.63) is 24.8 Å². The van der Waals surface area contributed by atoms with Gasteiger partial charge in [-0.3, -0.25) is 4.79 Å². The number of carbonyl (C=O) groups is 1. The van der Waals surface area contributed by atoms with Crippen LogP contribution >= 0.6 is 0 Å². The van der Waals surface area contributed by atoms with Crippen LogP contribution in [0, 0.1) is 23.2 Å². The van der Waals surface area contributed by atoms with E-state index in [9.17, 15) is 9.90 Å². The predicted molar refractivity (Wildman–Crippen MR) is 112 cm³/mol. The number of methoxy groups -OCH3 is 1. The quantitative estimate of drug-likeness (QED) is 0.280. The summed E-state index contributed by atoms with van der Waals surface area (Å²) in [6, 6.07) is 0. The van der Waals surface area contributed by atoms with Crippen molar-refractivity contribution in [2.24, 2.45) is 23.2 Å². The first-order valence-corrected chi connectivity index (χ1v) is 13.1. The summed E-state index contributed by atoms with van der Waals surface area (Å²) in [4.78, 5) is 12.2. The van der Waals surface area contributed by atoms with Crippen molar-refractivity contribution < 1.29 is 19.1 Å². The number of hydrogen-bond acceptors (Lipinski definition) is 4. The standard InChI is InChI=1S/C22H38O4Si/c1-8-16-19(20(24)25-5)17-12-13-18(23)22(16,17)14-10-9-11-15-26-27(6,7)21(2,3)4/h8,10,14,16-19,23H,1,9,11-13,15H2,2-7H3/b14-10+/t16-,17-,18-,19+,22+/m1/s1. The Labute approximate surface area is 166 Å². The normalized spacial score (nSPS) is 33.6. The molecule has 0 amide bonds. The topological polar surface area (TPSA) is 55.8 Å². The van der Waals surface area contributed by atoms with Crippen LogP contribution in [0.2, 0.25) is 18.1 Å². The van der Waals surface area contributed by atoms with Crippen molar-refractivity contribution in [2.75, 3.05) is 13.7 Å². The molecule has 0 saturated heterocycles. The summed E-state index contributed by atoms with van der Waals surface area (Å²) in [5.74, 6) is -0.239. The van der Waals surface area contributed by atoms with Gasteiger partial charge in [0.2, 0.25) is 0 Å². The number of hydrogen-bond donors (Lipinski definition) is 1. The minimum Gasteiger partial charge on any atom is -0.469 e. The highest BCUT2D eigenvalue weighted by atomic mass is 28.4. The van der Waals surface area contributed by atoms with Crippen molar-refractivity contribution in [1.29, 1.82) is 0 Å². The van der Waals surface area contributed by atoms with Gasteiger partial charge in [-0.1, -0.05) is 39.0 Å². The number of carbonyl (C=O) groups excluding carboxylic acids is 1. The molecule has 0 radical (unpaired) electrons. The van der Waals surface area contributed by atoms with Crippen molar-refractivity contribution in [1.82, 2.24) is 0 Å². The SMILES string of the molecule is C=C[C@@H]1[C@H](C(=O)OC)[C@H]2CC[C@@H](O)[C@@]12/C=C/CCCO[Si](C)(C)C(C)(C)C. The van der Waals surface area contributed by atoms with Crippen molar-refractivity contribution >= 4 is 14.3 Å². The van der Waals surface area contributed by atoms with E-state index in [1.54, 1.807) is 0 Å². The Kier molecular flexibility index (Phi) is 6.81. The first kappa shape index (κ1) is 22.4. The van der Waals surface area contributed by atoms with Gasteiger partial charge in [0.25, 0.3) is 0 Å². The number of rotatable bonds is 8. The summed E-state index contributed by atoms with van der Waals surface area (Å²) >= 11 is 0. The fourth-order valence-electron chi connectivity index (χ4n) is 4.66. The van der Waals surface area contributed by atoms with Gasteiger partial charge in [-0.05, 0) is 49.7 Å². The summed E-state index contributed by atoms with van der Waals surface area (Å²) in [5.41, 5.74) is -0.346. The van der Waals surface area contributed by atoms with E-state index >= 15 is 0 Å². The van der Waals surface area contributed by atoms with Gasteiger partial charge in [0, 0.05) is 17.9 Å². The van der Waals surface area contributed by atoms with Crippen molar-refractivity contribution in [3.8, 4) is 0 Å². The maximum absolute atomic E-state index is 12.2. The zero-order valence-corrected chi connectivity index (χ0v) is 19.0. The Morgan fingerprint density at radius 2 is 2.00 bits per heavy atom. The monoisotopic (exact) mass is 394 g/mol. The van der Waals surface area contributed by atoms with E-state index in [4.69, 9.17) is 9.16 Å². The molecule has 27 heavy (non-hydrogen) atoms. The molecule has 4 nitrogen and oxygen atoms in total. The lowest BCUT2D eigenvalue weighted by Gasteiger charge is -2.56. The van der Waals surface area contributed by atoms with Crippen LogP contribution in [0.25, 0.3) is 0 Å². The number of unbranched alkanes of at least 4 members (excludes halogenated alkanes) is 1. The van der Waals surface area contributed by atoms with E-state index in [-0.39, 0.29) is 34.2 Å². The molecule has 2 fully saturated rings. The number of aliphatic hydroxyl groups excluding tert-OH is 1. The van der Waals surface area contributed by atoms with E-state index in [0.717, 1.165) is 32.3 Å². The van der Waals surface area contributed by atoms with Gasteiger partial charge >= 0.3 is 5.97 Å². The third-order valence-corrected chi connectivity index (χ3v) is 11.8. The van der Waals surface area contributed by atoms with E-state index in [1.165, 1.54) is 7.11 Å². The first-order valence-electron chi connectivity index (χ1n) is 10.2. The van der Waals surface area contributed by atoms with Crippen LogP contribution in [0.4, 0.5) is 0 Å². The van der Waals surface area contributed by atoms with Crippen LogP contribution in [0.1, 0.15) is 46.5 Å². The lowest BCUT2D eigenvalue weighted by Crippen LogP contribution is -2.59. The second-order valence-corrected chi connectivity index (χ2v) is 14.5. The van der Waals surface area contributed by atoms with E-state index in [0.29, 0.717) is 0 Å². The molecule has 0 aromatic carbocycles. The summed E-state index contributed by atoms with van der Waals surface area (Å²) in [6.45, 7) is 16.0. The van der Waals surface area contributed by atoms with Gasteiger partial charge in [0.1, 0.15) is 0 Å². The van der Waals surface area contributed by atoms with Gasteiger partial charge in [-0.2, -0.15) is 0 Å². The van der Waals surface area contributed by atoms with E-state index in [1.807, 2.05) is 6.08 Å². The number of ether oxygens (including phenoxy) is 1. The Morgan fingerprint density at radius 3 is 2.56 bits per heavy atom. The van der Waals surface area contributed by atoms with Gasteiger partial charge < -0.3 is 14.3 Å². The van der Waals surface area contributed by atoms with E-state index in [2.05, 4.69) is 52.6 Å². The van der Waals surface area contributed by atoms with Gasteiger partial charge in [0.05, 0.1) is 19.1 Å². The second-order valence-electron chi connectivity index (χ2n) is 9.66. The second kappa shape index (κ2) is 8.22. The van der Waals surface area contributed by atoms with Gasteiger partial charge in [-0.15, -0.1) is 6.58 Å². The van der Waals surface area contributed by atoms with Crippen molar-refractivity contribution in [2.45, 2.75) is 70.7 Å². The minimum absolute atomic E-state index is 0.0489. The molecule has 2 rings (SSSR count). The van der Waals surface area contributed by atoms with E-state index < -0.39 is 14.4 Å². The largest absolute Gasteiger partial charge is 0.469 e. The van der Waals surface area contributed by atoms with Crippen LogP contribution in [-0.4, -0.2) is 39.2 Å². The maximum atomic E-state index is 12.2. The number of aliphatic hydroxyl groups is 1. The molecule has 5 heteroatoms. The molecule has 2 aliphatic carbocycles. The molecule has 2 aliphatic rings. The average molecular weight is 395 g/mol. The predicted octanol–water partition coefficient (Wildman–Crippen LogP) is 4.71. The third-order valence-electron chi connectivity index (χ3n) is 7.29. The molecule has 5 atom stereocenters. The van der Waals surface area contributed by atoms with Crippen LogP contribution in [-0.2, 0) is 14.0 Å². The maximum Gasteiger partial charge on any atom is 0.309 e. The van der Waals surface area contributed by atoms with Gasteiger partial charge in [-0.25, -0.2) is 0 Å². The molecular formula is C22H38O4Si. The molecule has 0 heterocycles. The third kappa shape index (κ3) is 3.96. The van der Waals surface area contributed by atoms with Crippen LogP contribution in [0.3, 0.4) is 0 Å². The molecule has 1 N–H and O–H groups in total. The molecule has 0 aromatic heterocycles. The molecule has 0 unspecified atom stereocenters. The number of allylic oxidation sites excluding steroid dienone is 2. The van der Waals surface area contributed by atoms with Crippen molar-refractivity contribution in [3.63, 3.8) is 0 Å². The highest BCUT2D eigenvalue weighted by Crippen LogP contribution is 2.66. The highest BCUT2D eigenvalue weighted by molar-refractivity contribution is 6.74. The Bertz CT molecular complexity index is 577. The fourth-order valence-corrected chi connectivity index (χ4v) is 5.75. The zero-order chi connectivity index (χ0) is 20.5. The Morgan fingerprint density at radius 1 is 1.33 bits per heavy atom. The lowest BCUT2D eigenvalue weighted by atomic mass is 9.47. The number of esters is 1.